The Bertz CT molecular complexity index is 1150. The Labute approximate surface area is 165 Å². The van der Waals surface area contributed by atoms with Gasteiger partial charge in [-0.05, 0) is 30.3 Å². The third kappa shape index (κ3) is 3.29. The third-order valence-electron chi connectivity index (χ3n) is 4.32. The molecular weight excluding hydrogens is 382 g/mol. The minimum atomic E-state index is -0.308. The molecule has 0 aliphatic rings. The van der Waals surface area contributed by atoms with E-state index in [1.807, 2.05) is 19.2 Å². The Morgan fingerprint density at radius 2 is 2.04 bits per heavy atom. The highest BCUT2D eigenvalue weighted by Crippen LogP contribution is 2.31. The van der Waals surface area contributed by atoms with Crippen LogP contribution < -0.4 is 10.1 Å². The zero-order chi connectivity index (χ0) is 19.0. The topological polar surface area (TPSA) is 56.1 Å². The van der Waals surface area contributed by atoms with Crippen molar-refractivity contribution in [2.24, 2.45) is 7.05 Å². The number of amides is 1. The van der Waals surface area contributed by atoms with E-state index in [0.717, 1.165) is 21.6 Å². The van der Waals surface area contributed by atoms with Gasteiger partial charge in [0.2, 0.25) is 0 Å². The molecule has 0 saturated heterocycles. The zero-order valence-electron chi connectivity index (χ0n) is 14.7. The van der Waals surface area contributed by atoms with Gasteiger partial charge in [0.15, 0.2) is 0 Å². The van der Waals surface area contributed by atoms with Crippen LogP contribution in [0, 0.1) is 0 Å². The molecule has 7 heteroatoms. The van der Waals surface area contributed by atoms with E-state index in [2.05, 4.69) is 33.1 Å². The van der Waals surface area contributed by atoms with Gasteiger partial charge < -0.3 is 14.6 Å². The van der Waals surface area contributed by atoms with Gasteiger partial charge in [-0.25, -0.2) is 4.98 Å². The van der Waals surface area contributed by atoms with Gasteiger partial charge in [0, 0.05) is 28.4 Å². The fourth-order valence-corrected chi connectivity index (χ4v) is 3.98. The monoisotopic (exact) mass is 397 g/mol. The number of fused-ring (bicyclic) bond motifs is 1. The maximum atomic E-state index is 12.6. The zero-order valence-corrected chi connectivity index (χ0v) is 16.3. The normalized spacial score (nSPS) is 10.9. The van der Waals surface area contributed by atoms with E-state index in [-0.39, 0.29) is 5.91 Å². The highest BCUT2D eigenvalue weighted by molar-refractivity contribution is 7.13. The first-order valence-electron chi connectivity index (χ1n) is 8.22. The van der Waals surface area contributed by atoms with Crippen LogP contribution in [0.25, 0.3) is 21.6 Å². The lowest BCUT2D eigenvalue weighted by molar-refractivity contribution is 0.102. The number of nitrogens with one attached hydrogen (secondary N) is 1. The Balaban J connectivity index is 1.63. The molecule has 2 heterocycles. The minimum absolute atomic E-state index is 0.308. The van der Waals surface area contributed by atoms with E-state index < -0.39 is 0 Å². The van der Waals surface area contributed by atoms with E-state index >= 15 is 0 Å². The minimum Gasteiger partial charge on any atom is -0.495 e. The predicted molar refractivity (Wildman–Crippen MR) is 110 cm³/mol. The van der Waals surface area contributed by atoms with Crippen molar-refractivity contribution in [3.8, 4) is 16.5 Å². The molecule has 0 saturated carbocycles. The van der Waals surface area contributed by atoms with Gasteiger partial charge in [-0.15, -0.1) is 11.3 Å². The summed E-state index contributed by atoms with van der Waals surface area (Å²) >= 11 is 7.45. The summed E-state index contributed by atoms with van der Waals surface area (Å²) in [4.78, 5) is 17.1. The van der Waals surface area contributed by atoms with Crippen LogP contribution in [0.3, 0.4) is 0 Å². The summed E-state index contributed by atoms with van der Waals surface area (Å²) in [5.41, 5.74) is 2.95. The number of hydrogen-bond donors (Lipinski definition) is 1. The number of nitrogens with zero attached hydrogens (tertiary/aromatic N) is 2. The molecule has 0 radical (unpaired) electrons. The van der Waals surface area contributed by atoms with Crippen LogP contribution in [0.2, 0.25) is 5.02 Å². The fourth-order valence-electron chi connectivity index (χ4n) is 2.95. The average Bonchev–Trinajstić information content (AvgIpc) is 3.27. The molecule has 5 nitrogen and oxygen atoms in total. The van der Waals surface area contributed by atoms with Crippen molar-refractivity contribution >= 4 is 45.4 Å². The Kier molecular flexibility index (Phi) is 4.59. The highest BCUT2D eigenvalue weighted by Gasteiger charge is 2.16. The van der Waals surface area contributed by atoms with E-state index in [4.69, 9.17) is 16.3 Å². The van der Waals surface area contributed by atoms with Gasteiger partial charge in [0.05, 0.1) is 18.5 Å². The van der Waals surface area contributed by atoms with E-state index in [1.165, 1.54) is 11.3 Å². The molecule has 4 rings (SSSR count). The summed E-state index contributed by atoms with van der Waals surface area (Å²) in [5.74, 6) is 0.230. The lowest BCUT2D eigenvalue weighted by Crippen LogP contribution is -2.13. The van der Waals surface area contributed by atoms with Crippen molar-refractivity contribution in [2.45, 2.75) is 0 Å². The number of carbonyl (C=O) groups excluding carboxylic acids is 1. The van der Waals surface area contributed by atoms with Gasteiger partial charge in [-0.2, -0.15) is 0 Å². The van der Waals surface area contributed by atoms with Crippen LogP contribution in [0.15, 0.2) is 53.9 Å². The summed E-state index contributed by atoms with van der Waals surface area (Å²) < 4.78 is 7.35. The molecule has 0 atom stereocenters. The van der Waals surface area contributed by atoms with Crippen molar-refractivity contribution in [3.63, 3.8) is 0 Å². The fraction of sp³-hybridized carbons (Fsp3) is 0.100. The first-order chi connectivity index (χ1) is 13.1. The number of methoxy groups -OCH3 is 1. The quantitative estimate of drug-likeness (QED) is 0.513. The first kappa shape index (κ1) is 17.6. The first-order valence-corrected chi connectivity index (χ1v) is 9.48. The van der Waals surface area contributed by atoms with Crippen molar-refractivity contribution in [2.75, 3.05) is 12.4 Å². The van der Waals surface area contributed by atoms with Gasteiger partial charge in [0.1, 0.15) is 16.5 Å². The molecule has 0 spiro atoms. The number of halogens is 1. The van der Waals surface area contributed by atoms with E-state index in [1.54, 1.807) is 30.7 Å². The summed E-state index contributed by atoms with van der Waals surface area (Å²) in [6, 6.07) is 15.3. The molecule has 0 bridgehead atoms. The maximum Gasteiger partial charge on any atom is 0.275 e. The Hall–Kier alpha value is -2.83. The maximum absolute atomic E-state index is 12.6. The van der Waals surface area contributed by atoms with E-state index in [0.29, 0.717) is 22.2 Å². The standard InChI is InChI=1S/C20H16ClN3O2S/c1-24-16-6-4-3-5-12(16)9-17(24)20-23-15(11-27-20)19(25)22-14-10-13(21)7-8-18(14)26-2/h3-11H,1-2H3,(H,22,25). The lowest BCUT2D eigenvalue weighted by atomic mass is 10.2. The van der Waals surface area contributed by atoms with Crippen molar-refractivity contribution in [3.05, 3.63) is 64.6 Å². The van der Waals surface area contributed by atoms with Crippen LogP contribution >= 0.6 is 22.9 Å². The molecule has 0 unspecified atom stereocenters. The van der Waals surface area contributed by atoms with Crippen LogP contribution in [0.5, 0.6) is 5.75 Å². The number of anilines is 1. The Morgan fingerprint density at radius 3 is 2.81 bits per heavy atom. The summed E-state index contributed by atoms with van der Waals surface area (Å²) in [7, 11) is 3.54. The predicted octanol–water partition coefficient (Wildman–Crippen LogP) is 5.22. The van der Waals surface area contributed by atoms with Crippen LogP contribution in [-0.2, 0) is 7.05 Å². The van der Waals surface area contributed by atoms with Crippen molar-refractivity contribution in [1.82, 2.24) is 9.55 Å². The third-order valence-corrected chi connectivity index (χ3v) is 5.42. The van der Waals surface area contributed by atoms with Gasteiger partial charge >= 0.3 is 0 Å². The molecule has 1 amide bonds. The molecule has 0 fully saturated rings. The molecule has 4 aromatic rings. The molecule has 2 aromatic heterocycles. The number of thiazole rings is 1. The molecule has 27 heavy (non-hydrogen) atoms. The highest BCUT2D eigenvalue weighted by atomic mass is 35.5. The number of para-hydroxylation sites is 1. The van der Waals surface area contributed by atoms with Gasteiger partial charge in [-0.3, -0.25) is 4.79 Å². The molecule has 1 N–H and O–H groups in total. The smallest absolute Gasteiger partial charge is 0.275 e. The van der Waals surface area contributed by atoms with Crippen LogP contribution in [0.1, 0.15) is 10.5 Å². The average molecular weight is 398 g/mol. The summed E-state index contributed by atoms with van der Waals surface area (Å²) in [6.45, 7) is 0. The van der Waals surface area contributed by atoms with Gasteiger partial charge in [0.25, 0.3) is 5.91 Å². The summed E-state index contributed by atoms with van der Waals surface area (Å²) in [6.07, 6.45) is 0. The molecule has 2 aromatic carbocycles. The number of carbonyl (C=O) groups is 1. The summed E-state index contributed by atoms with van der Waals surface area (Å²) in [5, 5.41) is 7.00. The van der Waals surface area contributed by atoms with E-state index in [9.17, 15) is 4.79 Å². The number of aromatic nitrogens is 2. The second-order valence-corrected chi connectivity index (χ2v) is 7.28. The second kappa shape index (κ2) is 7.06. The number of ether oxygens (including phenoxy) is 1. The van der Waals surface area contributed by atoms with Crippen LogP contribution in [-0.4, -0.2) is 22.6 Å². The SMILES string of the molecule is COc1ccc(Cl)cc1NC(=O)c1csc(-c2cc3ccccc3n2C)n1. The van der Waals surface area contributed by atoms with Crippen molar-refractivity contribution < 1.29 is 9.53 Å². The van der Waals surface area contributed by atoms with Crippen LogP contribution in [0.4, 0.5) is 5.69 Å². The lowest BCUT2D eigenvalue weighted by Gasteiger charge is -2.09. The second-order valence-electron chi connectivity index (χ2n) is 5.98. The number of rotatable bonds is 4. The Morgan fingerprint density at radius 1 is 1.22 bits per heavy atom. The molecule has 0 aliphatic heterocycles. The number of benzene rings is 2. The number of hydrogen-bond acceptors (Lipinski definition) is 4. The van der Waals surface area contributed by atoms with Gasteiger partial charge in [-0.1, -0.05) is 29.8 Å². The van der Waals surface area contributed by atoms with Crippen molar-refractivity contribution in [1.29, 1.82) is 0 Å². The molecular formula is C20H16ClN3O2S. The largest absolute Gasteiger partial charge is 0.495 e. The molecule has 0 aliphatic carbocycles. The number of aryl methyl sites for hydroxylation is 1. The molecule has 136 valence electrons.